The monoisotopic (exact) mass is 620 g/mol. The van der Waals surface area contributed by atoms with Gasteiger partial charge in [-0.3, -0.25) is 9.59 Å². The van der Waals surface area contributed by atoms with Crippen molar-refractivity contribution < 1.29 is 34.0 Å². The highest BCUT2D eigenvalue weighted by atomic mass is 16.5. The van der Waals surface area contributed by atoms with Gasteiger partial charge in [-0.1, -0.05) is 57.5 Å². The van der Waals surface area contributed by atoms with Gasteiger partial charge in [-0.2, -0.15) is 0 Å². The third-order valence-corrected chi connectivity index (χ3v) is 9.72. The number of carbonyl (C=O) groups is 2. The van der Waals surface area contributed by atoms with Crippen LogP contribution in [0.4, 0.5) is 0 Å². The van der Waals surface area contributed by atoms with Gasteiger partial charge in [-0.05, 0) is 66.9 Å². The molecule has 1 heterocycles. The van der Waals surface area contributed by atoms with Crippen LogP contribution in [0.2, 0.25) is 0 Å². The number of rotatable bonds is 12. The molecule has 7 atom stereocenters. The van der Waals surface area contributed by atoms with E-state index in [0.29, 0.717) is 35.5 Å². The molecule has 1 fully saturated rings. The number of aliphatic hydroxyl groups is 2. The van der Waals surface area contributed by atoms with Crippen molar-refractivity contribution in [1.82, 2.24) is 10.2 Å². The Morgan fingerprint density at radius 1 is 1.13 bits per heavy atom. The van der Waals surface area contributed by atoms with Gasteiger partial charge in [0.1, 0.15) is 30.3 Å². The molecule has 0 spiro atoms. The molecule has 1 aliphatic heterocycles. The molecule has 0 aromatic heterocycles. The Morgan fingerprint density at radius 3 is 2.69 bits per heavy atom. The zero-order valence-corrected chi connectivity index (χ0v) is 26.9. The van der Waals surface area contributed by atoms with E-state index in [1.807, 2.05) is 48.5 Å². The van der Waals surface area contributed by atoms with Crippen LogP contribution in [0.15, 0.2) is 60.2 Å². The Bertz CT molecular complexity index is 1360. The number of ether oxygens (including phenoxy) is 3. The van der Waals surface area contributed by atoms with Crippen molar-refractivity contribution in [2.45, 2.75) is 76.7 Å². The number of benzene rings is 2. The molecule has 2 aromatic carbocycles. The highest BCUT2D eigenvalue weighted by Gasteiger charge is 2.50. The number of fused-ring (bicyclic) bond motifs is 3. The average Bonchev–Trinajstić information content (AvgIpc) is 3.44. The smallest absolute Gasteiger partial charge is 0.249 e. The Kier molecular flexibility index (Phi) is 10.8. The summed E-state index contributed by atoms with van der Waals surface area (Å²) >= 11 is 0. The maximum absolute atomic E-state index is 14.2. The van der Waals surface area contributed by atoms with E-state index in [0.717, 1.165) is 36.1 Å². The summed E-state index contributed by atoms with van der Waals surface area (Å²) in [6.45, 7) is 6.72. The van der Waals surface area contributed by atoms with Crippen LogP contribution >= 0.6 is 0 Å². The first kappa shape index (κ1) is 33.0. The zero-order chi connectivity index (χ0) is 32.1. The molecule has 0 saturated heterocycles. The number of hydrogen-bond donors (Lipinski definition) is 3. The standard InChI is InChI=1S/C36H48N2O7/c1-22(2)26-13-12-23(3)18-31(26)44-21-32(40)38(16-14-24-8-7-9-25(19-24)43-4)29-20-28(36(42)37-15-17-39)33-27-10-5-6-11-30(27)45-35(33)34(29)41/h5-11,19-20,22-23,26,29,31,33-35,39,41H,12-18,21H2,1-4H3,(H,37,42)/t23-,26+,29+,31-,33-,34-,35-/m0/s1. The van der Waals surface area contributed by atoms with Gasteiger partial charge in [0.2, 0.25) is 11.8 Å². The number of para-hydroxylation sites is 1. The molecule has 0 radical (unpaired) electrons. The first-order chi connectivity index (χ1) is 21.7. The van der Waals surface area contributed by atoms with Crippen molar-refractivity contribution in [1.29, 1.82) is 0 Å². The molecule has 3 N–H and O–H groups in total. The van der Waals surface area contributed by atoms with Crippen molar-refractivity contribution in [3.05, 3.63) is 71.3 Å². The minimum Gasteiger partial charge on any atom is -0.497 e. The highest BCUT2D eigenvalue weighted by Crippen LogP contribution is 2.47. The first-order valence-electron chi connectivity index (χ1n) is 16.3. The third-order valence-electron chi connectivity index (χ3n) is 9.72. The molecule has 2 aliphatic carbocycles. The van der Waals surface area contributed by atoms with Crippen LogP contribution in [-0.4, -0.2) is 84.7 Å². The number of methoxy groups -OCH3 is 1. The van der Waals surface area contributed by atoms with E-state index >= 15 is 0 Å². The van der Waals surface area contributed by atoms with Crippen molar-refractivity contribution in [2.75, 3.05) is 33.4 Å². The lowest BCUT2D eigenvalue weighted by molar-refractivity contribution is -0.147. The largest absolute Gasteiger partial charge is 0.497 e. The van der Waals surface area contributed by atoms with Crippen LogP contribution in [0.3, 0.4) is 0 Å². The molecule has 2 aromatic rings. The van der Waals surface area contributed by atoms with E-state index in [1.165, 1.54) is 0 Å². The van der Waals surface area contributed by atoms with Crippen LogP contribution in [0, 0.1) is 17.8 Å². The van der Waals surface area contributed by atoms with E-state index < -0.39 is 24.2 Å². The van der Waals surface area contributed by atoms with Gasteiger partial charge in [0.05, 0.1) is 31.8 Å². The minimum atomic E-state index is -1.09. The summed E-state index contributed by atoms with van der Waals surface area (Å²) in [6, 6.07) is 14.3. The second-order valence-electron chi connectivity index (χ2n) is 13.0. The summed E-state index contributed by atoms with van der Waals surface area (Å²) in [6.07, 6.45) is 3.51. The highest BCUT2D eigenvalue weighted by molar-refractivity contribution is 5.96. The van der Waals surface area contributed by atoms with Crippen LogP contribution in [0.1, 0.15) is 57.1 Å². The summed E-state index contributed by atoms with van der Waals surface area (Å²) < 4.78 is 18.1. The maximum Gasteiger partial charge on any atom is 0.249 e. The summed E-state index contributed by atoms with van der Waals surface area (Å²) in [5.41, 5.74) is 2.20. The van der Waals surface area contributed by atoms with Crippen molar-refractivity contribution >= 4 is 11.8 Å². The van der Waals surface area contributed by atoms with E-state index in [-0.39, 0.29) is 44.2 Å². The number of aliphatic hydroxyl groups excluding tert-OH is 2. The lowest BCUT2D eigenvalue weighted by Gasteiger charge is -2.41. The van der Waals surface area contributed by atoms with Gasteiger partial charge in [-0.15, -0.1) is 0 Å². The topological polar surface area (TPSA) is 118 Å². The predicted octanol–water partition coefficient (Wildman–Crippen LogP) is 3.87. The maximum atomic E-state index is 14.2. The molecule has 0 bridgehead atoms. The van der Waals surface area contributed by atoms with Gasteiger partial charge in [-0.25, -0.2) is 0 Å². The minimum absolute atomic E-state index is 0.0124. The number of carbonyl (C=O) groups excluding carboxylic acids is 2. The quantitative estimate of drug-likeness (QED) is 0.330. The van der Waals surface area contributed by atoms with Gasteiger partial charge in [0.25, 0.3) is 0 Å². The predicted molar refractivity (Wildman–Crippen MR) is 171 cm³/mol. The molecule has 2 amide bonds. The zero-order valence-electron chi connectivity index (χ0n) is 26.9. The molecule has 45 heavy (non-hydrogen) atoms. The number of hydrogen-bond acceptors (Lipinski definition) is 7. The van der Waals surface area contributed by atoms with E-state index in [1.54, 1.807) is 18.1 Å². The molecule has 5 rings (SSSR count). The third kappa shape index (κ3) is 7.37. The summed E-state index contributed by atoms with van der Waals surface area (Å²) in [7, 11) is 1.62. The fourth-order valence-electron chi connectivity index (χ4n) is 7.28. The first-order valence-corrected chi connectivity index (χ1v) is 16.3. The van der Waals surface area contributed by atoms with Crippen LogP contribution in [0.25, 0.3) is 0 Å². The fourth-order valence-corrected chi connectivity index (χ4v) is 7.28. The Balaban J connectivity index is 1.45. The Morgan fingerprint density at radius 2 is 1.93 bits per heavy atom. The Labute approximate surface area is 266 Å². The summed E-state index contributed by atoms with van der Waals surface area (Å²) in [5, 5.41) is 24.0. The van der Waals surface area contributed by atoms with Gasteiger partial charge >= 0.3 is 0 Å². The number of nitrogens with zero attached hydrogens (tertiary/aromatic N) is 1. The van der Waals surface area contributed by atoms with E-state index in [9.17, 15) is 19.8 Å². The SMILES string of the molecule is COc1cccc(CCN(C(=O)CO[C@H]2C[C@@H](C)CC[C@@H]2C(C)C)[C@@H]2C=C(C(=O)NCCO)[C@@H]3c4ccccc4O[C@@H]3[C@H]2O)c1. The number of nitrogens with one attached hydrogen (secondary N) is 1. The lowest BCUT2D eigenvalue weighted by Crippen LogP contribution is -2.57. The van der Waals surface area contributed by atoms with Gasteiger partial charge < -0.3 is 34.6 Å². The van der Waals surface area contributed by atoms with Gasteiger partial charge in [0.15, 0.2) is 0 Å². The van der Waals surface area contributed by atoms with E-state index in [4.69, 9.17) is 14.2 Å². The van der Waals surface area contributed by atoms with Crippen LogP contribution in [-0.2, 0) is 20.7 Å². The van der Waals surface area contributed by atoms with Crippen LogP contribution < -0.4 is 14.8 Å². The summed E-state index contributed by atoms with van der Waals surface area (Å²) in [5.74, 6) is 1.58. The molecule has 9 heteroatoms. The molecular weight excluding hydrogens is 572 g/mol. The van der Waals surface area contributed by atoms with Crippen molar-refractivity contribution in [3.8, 4) is 11.5 Å². The number of amides is 2. The second-order valence-corrected chi connectivity index (χ2v) is 13.0. The molecule has 244 valence electrons. The average molecular weight is 621 g/mol. The molecule has 1 saturated carbocycles. The van der Waals surface area contributed by atoms with Crippen molar-refractivity contribution in [3.63, 3.8) is 0 Å². The molecule has 9 nitrogen and oxygen atoms in total. The van der Waals surface area contributed by atoms with Crippen LogP contribution in [0.5, 0.6) is 11.5 Å². The molecular formula is C36H48N2O7. The fraction of sp³-hybridized carbons (Fsp3) is 0.556. The lowest BCUT2D eigenvalue weighted by atomic mass is 9.75. The normalized spacial score (nSPS) is 27.2. The summed E-state index contributed by atoms with van der Waals surface area (Å²) in [4.78, 5) is 29.3. The Hall–Kier alpha value is -3.40. The second kappa shape index (κ2) is 14.8. The molecule has 3 aliphatic rings. The van der Waals surface area contributed by atoms with Gasteiger partial charge in [0, 0.05) is 24.2 Å². The van der Waals surface area contributed by atoms with E-state index in [2.05, 4.69) is 26.1 Å². The van der Waals surface area contributed by atoms with Crippen molar-refractivity contribution in [2.24, 2.45) is 17.8 Å². The molecule has 0 unspecified atom stereocenters.